The topological polar surface area (TPSA) is 34.1 Å². The van der Waals surface area contributed by atoms with Crippen LogP contribution in [0.25, 0.3) is 0 Å². The van der Waals surface area contributed by atoms with E-state index < -0.39 is 9.84 Å². The molecule has 1 atom stereocenters. The van der Waals surface area contributed by atoms with Crippen molar-refractivity contribution in [2.24, 2.45) is 0 Å². The number of hydrogen-bond donors (Lipinski definition) is 0. The standard InChI is InChI=1S/C9H20NO2S/c1-4-10(3,5-2)9-6-7-13(11,12)8-9/h9H,4-8H2,1-3H3/q+1. The molecule has 0 spiro atoms. The van der Waals surface area contributed by atoms with E-state index in [-0.39, 0.29) is 0 Å². The lowest BCUT2D eigenvalue weighted by atomic mass is 10.2. The van der Waals surface area contributed by atoms with Crippen LogP contribution in [-0.4, -0.2) is 50.6 Å². The van der Waals surface area contributed by atoms with Crippen LogP contribution in [0.1, 0.15) is 20.3 Å². The molecule has 78 valence electrons. The predicted octanol–water partition coefficient (Wildman–Crippen LogP) is 0.660. The molecule has 0 radical (unpaired) electrons. The summed E-state index contributed by atoms with van der Waals surface area (Å²) in [6.07, 6.45) is 0.848. The van der Waals surface area contributed by atoms with Crippen LogP contribution in [0.2, 0.25) is 0 Å². The van der Waals surface area contributed by atoms with Gasteiger partial charge in [-0.1, -0.05) is 0 Å². The van der Waals surface area contributed by atoms with E-state index in [1.807, 2.05) is 0 Å². The van der Waals surface area contributed by atoms with E-state index in [0.29, 0.717) is 17.5 Å². The Balaban J connectivity index is 2.75. The maximum absolute atomic E-state index is 11.3. The van der Waals surface area contributed by atoms with Gasteiger partial charge in [0.1, 0.15) is 11.8 Å². The second kappa shape index (κ2) is 3.58. The van der Waals surface area contributed by atoms with Crippen molar-refractivity contribution in [3.8, 4) is 0 Å². The first-order chi connectivity index (χ1) is 5.93. The second-order valence-electron chi connectivity index (χ2n) is 4.17. The van der Waals surface area contributed by atoms with E-state index in [9.17, 15) is 8.42 Å². The molecule has 1 fully saturated rings. The van der Waals surface area contributed by atoms with Gasteiger partial charge in [-0.3, -0.25) is 0 Å². The number of quaternary nitrogens is 1. The predicted molar refractivity (Wildman–Crippen MR) is 54.3 cm³/mol. The molecule has 1 unspecified atom stereocenters. The van der Waals surface area contributed by atoms with E-state index in [1.54, 1.807) is 0 Å². The van der Waals surface area contributed by atoms with Crippen LogP contribution in [0, 0.1) is 0 Å². The smallest absolute Gasteiger partial charge is 0.156 e. The Morgan fingerprint density at radius 1 is 1.31 bits per heavy atom. The highest BCUT2D eigenvalue weighted by atomic mass is 32.2. The van der Waals surface area contributed by atoms with E-state index in [0.717, 1.165) is 24.0 Å². The Labute approximate surface area is 81.2 Å². The molecule has 0 aromatic carbocycles. The van der Waals surface area contributed by atoms with Crippen LogP contribution in [0.5, 0.6) is 0 Å². The highest BCUT2D eigenvalue weighted by molar-refractivity contribution is 7.91. The van der Waals surface area contributed by atoms with Crippen LogP contribution < -0.4 is 0 Å². The fourth-order valence-electron chi connectivity index (χ4n) is 2.01. The Hall–Kier alpha value is -0.0900. The van der Waals surface area contributed by atoms with Gasteiger partial charge in [0, 0.05) is 6.42 Å². The fraction of sp³-hybridized carbons (Fsp3) is 1.00. The van der Waals surface area contributed by atoms with Crippen molar-refractivity contribution in [3.05, 3.63) is 0 Å². The quantitative estimate of drug-likeness (QED) is 0.636. The Kier molecular flexibility index (Phi) is 3.02. The van der Waals surface area contributed by atoms with Gasteiger partial charge in [0.15, 0.2) is 9.84 Å². The zero-order valence-corrected chi connectivity index (χ0v) is 9.60. The highest BCUT2D eigenvalue weighted by Gasteiger charge is 2.39. The first kappa shape index (κ1) is 11.0. The molecule has 0 aromatic heterocycles. The van der Waals surface area contributed by atoms with E-state index in [1.165, 1.54) is 0 Å². The fourth-order valence-corrected chi connectivity index (χ4v) is 3.92. The SMILES string of the molecule is CC[N+](C)(CC)C1CCS(=O)(=O)C1. The highest BCUT2D eigenvalue weighted by Crippen LogP contribution is 2.22. The molecule has 0 saturated carbocycles. The molecular formula is C9H20NO2S+. The summed E-state index contributed by atoms with van der Waals surface area (Å²) in [5.41, 5.74) is 0. The van der Waals surface area contributed by atoms with Crippen LogP contribution >= 0.6 is 0 Å². The molecule has 1 saturated heterocycles. The molecule has 0 amide bonds. The van der Waals surface area contributed by atoms with Crippen LogP contribution in [-0.2, 0) is 9.84 Å². The summed E-state index contributed by atoms with van der Waals surface area (Å²) in [6, 6.07) is 0.333. The molecule has 3 nitrogen and oxygen atoms in total. The first-order valence-electron chi connectivity index (χ1n) is 4.98. The van der Waals surface area contributed by atoms with Crippen molar-refractivity contribution in [2.75, 3.05) is 31.6 Å². The van der Waals surface area contributed by atoms with Crippen molar-refractivity contribution >= 4 is 9.84 Å². The van der Waals surface area contributed by atoms with Gasteiger partial charge in [-0.15, -0.1) is 0 Å². The normalized spacial score (nSPS) is 27.8. The van der Waals surface area contributed by atoms with Gasteiger partial charge in [-0.2, -0.15) is 0 Å². The zero-order valence-electron chi connectivity index (χ0n) is 8.78. The van der Waals surface area contributed by atoms with E-state index >= 15 is 0 Å². The third-order valence-electron chi connectivity index (χ3n) is 3.53. The summed E-state index contributed by atoms with van der Waals surface area (Å²) in [4.78, 5) is 0. The summed E-state index contributed by atoms with van der Waals surface area (Å²) >= 11 is 0. The summed E-state index contributed by atoms with van der Waals surface area (Å²) < 4.78 is 23.5. The average Bonchev–Trinajstić information content (AvgIpc) is 2.45. The van der Waals surface area contributed by atoms with Crippen molar-refractivity contribution in [3.63, 3.8) is 0 Å². The number of sulfone groups is 1. The third-order valence-corrected chi connectivity index (χ3v) is 5.29. The van der Waals surface area contributed by atoms with E-state index in [2.05, 4.69) is 20.9 Å². The summed E-state index contributed by atoms with van der Waals surface area (Å²) in [6.45, 7) is 6.32. The van der Waals surface area contributed by atoms with Gasteiger partial charge in [-0.25, -0.2) is 8.42 Å². The van der Waals surface area contributed by atoms with Crippen molar-refractivity contribution in [1.29, 1.82) is 0 Å². The molecule has 1 rings (SSSR count). The monoisotopic (exact) mass is 206 g/mol. The minimum absolute atomic E-state index is 0.333. The maximum Gasteiger partial charge on any atom is 0.156 e. The molecule has 0 aliphatic carbocycles. The molecular weight excluding hydrogens is 186 g/mol. The number of nitrogens with zero attached hydrogens (tertiary/aromatic N) is 1. The van der Waals surface area contributed by atoms with Crippen molar-refractivity contribution in [2.45, 2.75) is 26.3 Å². The zero-order chi connectivity index (χ0) is 10.1. The summed E-state index contributed by atoms with van der Waals surface area (Å²) in [5, 5.41) is 0. The average molecular weight is 206 g/mol. The van der Waals surface area contributed by atoms with Gasteiger partial charge < -0.3 is 4.48 Å². The molecule has 1 aliphatic heterocycles. The van der Waals surface area contributed by atoms with Crippen LogP contribution in [0.15, 0.2) is 0 Å². The molecule has 1 heterocycles. The van der Waals surface area contributed by atoms with E-state index in [4.69, 9.17) is 0 Å². The van der Waals surface area contributed by atoms with Crippen molar-refractivity contribution in [1.82, 2.24) is 0 Å². The molecule has 1 aliphatic rings. The minimum atomic E-state index is -2.71. The molecule has 0 bridgehead atoms. The molecule has 13 heavy (non-hydrogen) atoms. The largest absolute Gasteiger partial charge is 0.323 e. The van der Waals surface area contributed by atoms with Gasteiger partial charge in [-0.05, 0) is 13.8 Å². The summed E-state index contributed by atoms with van der Waals surface area (Å²) in [7, 11) is -0.556. The Morgan fingerprint density at radius 2 is 1.85 bits per heavy atom. The van der Waals surface area contributed by atoms with Crippen LogP contribution in [0.3, 0.4) is 0 Å². The number of hydrogen-bond acceptors (Lipinski definition) is 2. The van der Waals surface area contributed by atoms with Gasteiger partial charge in [0.2, 0.25) is 0 Å². The third kappa shape index (κ3) is 2.23. The lowest BCUT2D eigenvalue weighted by molar-refractivity contribution is -0.927. The maximum atomic E-state index is 11.3. The minimum Gasteiger partial charge on any atom is -0.323 e. The van der Waals surface area contributed by atoms with Gasteiger partial charge in [0.25, 0.3) is 0 Å². The lowest BCUT2D eigenvalue weighted by Gasteiger charge is -2.37. The molecule has 4 heteroatoms. The lowest BCUT2D eigenvalue weighted by Crippen LogP contribution is -2.52. The molecule has 0 N–H and O–H groups in total. The van der Waals surface area contributed by atoms with Gasteiger partial charge >= 0.3 is 0 Å². The second-order valence-corrected chi connectivity index (χ2v) is 6.40. The van der Waals surface area contributed by atoms with Gasteiger partial charge in [0.05, 0.1) is 25.9 Å². The Bertz CT molecular complexity index is 267. The molecule has 0 aromatic rings. The number of rotatable bonds is 3. The van der Waals surface area contributed by atoms with Crippen LogP contribution in [0.4, 0.5) is 0 Å². The summed E-state index contributed by atoms with van der Waals surface area (Å²) in [5.74, 6) is 0.788. The first-order valence-corrected chi connectivity index (χ1v) is 6.80. The van der Waals surface area contributed by atoms with Crippen molar-refractivity contribution < 1.29 is 12.9 Å². The Morgan fingerprint density at radius 3 is 2.15 bits per heavy atom.